The Labute approximate surface area is 112 Å². The van der Waals surface area contributed by atoms with Crippen molar-refractivity contribution in [3.8, 4) is 0 Å². The maximum atomic E-state index is 5.99. The van der Waals surface area contributed by atoms with E-state index in [1.54, 1.807) is 6.20 Å². The predicted molar refractivity (Wildman–Crippen MR) is 70.5 cm³/mol. The van der Waals surface area contributed by atoms with E-state index in [-0.39, 0.29) is 6.04 Å². The number of hydrogen-bond donors (Lipinski definition) is 1. The first-order chi connectivity index (χ1) is 9.31. The van der Waals surface area contributed by atoms with Crippen LogP contribution in [0.2, 0.25) is 0 Å². The van der Waals surface area contributed by atoms with E-state index in [1.165, 1.54) is 0 Å². The number of rotatable bonds is 3. The maximum Gasteiger partial charge on any atom is 0.229 e. The molecule has 0 aromatic carbocycles. The molecule has 5 nitrogen and oxygen atoms in total. The van der Waals surface area contributed by atoms with Gasteiger partial charge >= 0.3 is 0 Å². The van der Waals surface area contributed by atoms with E-state index >= 15 is 0 Å². The van der Waals surface area contributed by atoms with Gasteiger partial charge in [-0.05, 0) is 31.4 Å². The molecular formula is C14H18N4O. The first-order valence-corrected chi connectivity index (χ1v) is 6.79. The van der Waals surface area contributed by atoms with E-state index in [2.05, 4.69) is 15.1 Å². The smallest absolute Gasteiger partial charge is 0.229 e. The van der Waals surface area contributed by atoms with Crippen LogP contribution in [0.3, 0.4) is 0 Å². The normalized spacial score (nSPS) is 23.4. The van der Waals surface area contributed by atoms with Gasteiger partial charge in [0.1, 0.15) is 0 Å². The molecular weight excluding hydrogens is 240 g/mol. The van der Waals surface area contributed by atoms with Gasteiger partial charge in [0, 0.05) is 23.9 Å². The third kappa shape index (κ3) is 2.98. The molecule has 1 saturated carbocycles. The summed E-state index contributed by atoms with van der Waals surface area (Å²) in [5, 5.41) is 4.04. The lowest BCUT2D eigenvalue weighted by atomic mass is 9.86. The number of hydrogen-bond acceptors (Lipinski definition) is 5. The molecule has 2 heterocycles. The van der Waals surface area contributed by atoms with E-state index in [9.17, 15) is 0 Å². The van der Waals surface area contributed by atoms with Crippen molar-refractivity contribution < 1.29 is 4.52 Å². The largest absolute Gasteiger partial charge is 0.339 e. The van der Waals surface area contributed by atoms with E-state index in [0.29, 0.717) is 18.2 Å². The van der Waals surface area contributed by atoms with Gasteiger partial charge in [0.2, 0.25) is 5.89 Å². The molecule has 100 valence electrons. The highest BCUT2D eigenvalue weighted by Crippen LogP contribution is 2.31. The maximum absolute atomic E-state index is 5.99. The Kier molecular flexibility index (Phi) is 3.55. The van der Waals surface area contributed by atoms with Crippen LogP contribution in [-0.2, 0) is 6.42 Å². The molecule has 0 amide bonds. The van der Waals surface area contributed by atoms with Gasteiger partial charge < -0.3 is 10.3 Å². The molecule has 19 heavy (non-hydrogen) atoms. The van der Waals surface area contributed by atoms with Crippen LogP contribution in [0.25, 0.3) is 0 Å². The minimum atomic E-state index is 0.268. The fourth-order valence-electron chi connectivity index (χ4n) is 2.62. The van der Waals surface area contributed by atoms with Crippen LogP contribution in [0, 0.1) is 0 Å². The highest BCUT2D eigenvalue weighted by molar-refractivity contribution is 5.09. The zero-order valence-electron chi connectivity index (χ0n) is 10.8. The number of pyridine rings is 1. The van der Waals surface area contributed by atoms with Crippen molar-refractivity contribution in [2.45, 2.75) is 44.1 Å². The van der Waals surface area contributed by atoms with Gasteiger partial charge in [-0.25, -0.2) is 0 Å². The molecule has 2 aromatic rings. The average Bonchev–Trinajstić information content (AvgIpc) is 2.88. The van der Waals surface area contributed by atoms with Gasteiger partial charge in [0.05, 0.1) is 6.42 Å². The minimum Gasteiger partial charge on any atom is -0.339 e. The quantitative estimate of drug-likeness (QED) is 0.911. The summed E-state index contributed by atoms with van der Waals surface area (Å²) in [7, 11) is 0. The van der Waals surface area contributed by atoms with Crippen LogP contribution in [0.5, 0.6) is 0 Å². The fourth-order valence-corrected chi connectivity index (χ4v) is 2.62. The second-order valence-electron chi connectivity index (χ2n) is 5.17. The Balaban J connectivity index is 1.69. The fraction of sp³-hybridized carbons (Fsp3) is 0.500. The van der Waals surface area contributed by atoms with Crippen molar-refractivity contribution in [3.05, 3.63) is 41.8 Å². The average molecular weight is 258 g/mol. The Morgan fingerprint density at radius 2 is 2.26 bits per heavy atom. The van der Waals surface area contributed by atoms with Crippen molar-refractivity contribution in [2.75, 3.05) is 0 Å². The SMILES string of the molecule is NC1CCCC(c2nc(Cc3ccccn3)no2)C1. The molecule has 5 heteroatoms. The molecule has 2 aromatic heterocycles. The summed E-state index contributed by atoms with van der Waals surface area (Å²) >= 11 is 0. The summed E-state index contributed by atoms with van der Waals surface area (Å²) in [5.74, 6) is 1.77. The number of nitrogens with zero attached hydrogens (tertiary/aromatic N) is 3. The van der Waals surface area contributed by atoms with Crippen LogP contribution < -0.4 is 5.73 Å². The molecule has 1 aliphatic rings. The molecule has 0 spiro atoms. The molecule has 2 atom stereocenters. The number of aromatic nitrogens is 3. The molecule has 0 radical (unpaired) electrons. The van der Waals surface area contributed by atoms with Gasteiger partial charge in [0.15, 0.2) is 5.82 Å². The second kappa shape index (κ2) is 5.48. The Morgan fingerprint density at radius 1 is 1.32 bits per heavy atom. The lowest BCUT2D eigenvalue weighted by molar-refractivity contribution is 0.297. The lowest BCUT2D eigenvalue weighted by Gasteiger charge is -2.23. The predicted octanol–water partition coefficient (Wildman–Crippen LogP) is 2.04. The van der Waals surface area contributed by atoms with Crippen LogP contribution in [0.15, 0.2) is 28.9 Å². The highest BCUT2D eigenvalue weighted by Gasteiger charge is 2.25. The molecule has 1 fully saturated rings. The van der Waals surface area contributed by atoms with Crippen LogP contribution in [0.1, 0.15) is 49.0 Å². The van der Waals surface area contributed by atoms with E-state index < -0.39 is 0 Å². The van der Waals surface area contributed by atoms with Gasteiger partial charge in [-0.1, -0.05) is 17.6 Å². The van der Waals surface area contributed by atoms with Crippen LogP contribution in [-0.4, -0.2) is 21.2 Å². The summed E-state index contributed by atoms with van der Waals surface area (Å²) in [5.41, 5.74) is 6.95. The van der Waals surface area contributed by atoms with Crippen LogP contribution >= 0.6 is 0 Å². The molecule has 0 aliphatic heterocycles. The lowest BCUT2D eigenvalue weighted by Crippen LogP contribution is -2.26. The minimum absolute atomic E-state index is 0.268. The van der Waals surface area contributed by atoms with Gasteiger partial charge in [-0.3, -0.25) is 4.98 Å². The van der Waals surface area contributed by atoms with Crippen molar-refractivity contribution in [2.24, 2.45) is 5.73 Å². The second-order valence-corrected chi connectivity index (χ2v) is 5.17. The first-order valence-electron chi connectivity index (χ1n) is 6.79. The topological polar surface area (TPSA) is 77.8 Å². The molecule has 0 bridgehead atoms. The standard InChI is InChI=1S/C14H18N4O/c15-11-5-3-4-10(8-11)14-17-13(18-19-14)9-12-6-1-2-7-16-12/h1-2,6-7,10-11H,3-5,8-9,15H2. The molecule has 3 rings (SSSR count). The van der Waals surface area contributed by atoms with E-state index in [1.807, 2.05) is 18.2 Å². The van der Waals surface area contributed by atoms with Crippen molar-refractivity contribution in [1.82, 2.24) is 15.1 Å². The van der Waals surface area contributed by atoms with E-state index in [4.69, 9.17) is 10.3 Å². The Hall–Kier alpha value is -1.75. The third-order valence-corrected chi connectivity index (χ3v) is 3.61. The molecule has 1 aliphatic carbocycles. The van der Waals surface area contributed by atoms with E-state index in [0.717, 1.165) is 37.3 Å². The molecule has 0 saturated heterocycles. The summed E-state index contributed by atoms with van der Waals surface area (Å²) in [6.07, 6.45) is 6.68. The zero-order valence-corrected chi connectivity index (χ0v) is 10.8. The summed E-state index contributed by atoms with van der Waals surface area (Å²) in [6.45, 7) is 0. The number of nitrogens with two attached hydrogens (primary N) is 1. The van der Waals surface area contributed by atoms with Crippen molar-refractivity contribution >= 4 is 0 Å². The highest BCUT2D eigenvalue weighted by atomic mass is 16.5. The third-order valence-electron chi connectivity index (χ3n) is 3.61. The molecule has 2 unspecified atom stereocenters. The zero-order chi connectivity index (χ0) is 13.1. The van der Waals surface area contributed by atoms with Gasteiger partial charge in [0.25, 0.3) is 0 Å². The van der Waals surface area contributed by atoms with Crippen molar-refractivity contribution in [1.29, 1.82) is 0 Å². The Morgan fingerprint density at radius 3 is 3.05 bits per heavy atom. The van der Waals surface area contributed by atoms with Crippen molar-refractivity contribution in [3.63, 3.8) is 0 Å². The first kappa shape index (κ1) is 12.3. The summed E-state index contributed by atoms with van der Waals surface area (Å²) in [6, 6.07) is 6.09. The monoisotopic (exact) mass is 258 g/mol. The summed E-state index contributed by atoms with van der Waals surface area (Å²) < 4.78 is 5.38. The molecule has 2 N–H and O–H groups in total. The Bertz CT molecular complexity index is 525. The summed E-state index contributed by atoms with van der Waals surface area (Å²) in [4.78, 5) is 8.76. The van der Waals surface area contributed by atoms with Gasteiger partial charge in [-0.15, -0.1) is 0 Å². The van der Waals surface area contributed by atoms with Gasteiger partial charge in [-0.2, -0.15) is 4.98 Å². The van der Waals surface area contributed by atoms with Crippen LogP contribution in [0.4, 0.5) is 0 Å².